The van der Waals surface area contributed by atoms with Crippen molar-refractivity contribution in [1.82, 2.24) is 10.5 Å². The van der Waals surface area contributed by atoms with Gasteiger partial charge < -0.3 is 14.9 Å². The van der Waals surface area contributed by atoms with E-state index in [9.17, 15) is 14.7 Å². The summed E-state index contributed by atoms with van der Waals surface area (Å²) in [4.78, 5) is 24.4. The number of aromatic nitrogens is 1. The van der Waals surface area contributed by atoms with Crippen LogP contribution >= 0.6 is 0 Å². The van der Waals surface area contributed by atoms with Crippen molar-refractivity contribution in [2.24, 2.45) is 5.92 Å². The van der Waals surface area contributed by atoms with Crippen molar-refractivity contribution < 1.29 is 19.2 Å². The van der Waals surface area contributed by atoms with Gasteiger partial charge in [0, 0.05) is 12.5 Å². The Balaban J connectivity index is 1.76. The first-order chi connectivity index (χ1) is 13.4. The molecule has 1 amide bonds. The summed E-state index contributed by atoms with van der Waals surface area (Å²) in [5.41, 5.74) is 1.84. The van der Waals surface area contributed by atoms with Crippen LogP contribution in [0, 0.1) is 12.8 Å². The average molecular weight is 380 g/mol. The van der Waals surface area contributed by atoms with E-state index in [1.807, 2.05) is 56.3 Å². The second kappa shape index (κ2) is 8.25. The van der Waals surface area contributed by atoms with Gasteiger partial charge in [-0.15, -0.1) is 0 Å². The van der Waals surface area contributed by atoms with E-state index >= 15 is 0 Å². The van der Waals surface area contributed by atoms with Crippen molar-refractivity contribution in [3.05, 3.63) is 65.0 Å². The number of aliphatic carboxylic acids is 1. The van der Waals surface area contributed by atoms with Crippen LogP contribution in [0.5, 0.6) is 0 Å². The molecule has 0 saturated heterocycles. The minimum atomic E-state index is -0.945. The van der Waals surface area contributed by atoms with Crippen molar-refractivity contribution in [3.63, 3.8) is 0 Å². The Morgan fingerprint density at radius 2 is 1.86 bits per heavy atom. The lowest BCUT2D eigenvalue weighted by molar-refractivity contribution is -0.141. The number of nitrogens with zero attached hydrogens (tertiary/aromatic N) is 1. The summed E-state index contributed by atoms with van der Waals surface area (Å²) in [6.45, 7) is 5.56. The van der Waals surface area contributed by atoms with Crippen LogP contribution in [0.25, 0.3) is 10.8 Å². The van der Waals surface area contributed by atoms with Gasteiger partial charge in [-0.2, -0.15) is 0 Å². The van der Waals surface area contributed by atoms with E-state index in [1.54, 1.807) is 6.92 Å². The van der Waals surface area contributed by atoms with E-state index in [0.29, 0.717) is 23.4 Å². The van der Waals surface area contributed by atoms with Gasteiger partial charge in [0.05, 0.1) is 11.6 Å². The number of nitrogens with one attached hydrogen (secondary N) is 1. The van der Waals surface area contributed by atoms with E-state index in [4.69, 9.17) is 4.52 Å². The van der Waals surface area contributed by atoms with Crippen molar-refractivity contribution >= 4 is 22.6 Å². The third-order valence-corrected chi connectivity index (χ3v) is 4.85. The molecule has 28 heavy (non-hydrogen) atoms. The van der Waals surface area contributed by atoms with Gasteiger partial charge in [0.15, 0.2) is 5.76 Å². The van der Waals surface area contributed by atoms with Crippen molar-refractivity contribution in [3.8, 4) is 0 Å². The lowest BCUT2D eigenvalue weighted by Gasteiger charge is -2.15. The highest BCUT2D eigenvalue weighted by Crippen LogP contribution is 2.23. The number of fused-ring (bicyclic) bond motifs is 1. The smallest absolute Gasteiger partial charge is 0.308 e. The highest BCUT2D eigenvalue weighted by Gasteiger charge is 2.25. The van der Waals surface area contributed by atoms with Crippen molar-refractivity contribution in [2.75, 3.05) is 6.54 Å². The van der Waals surface area contributed by atoms with Gasteiger partial charge >= 0.3 is 5.97 Å². The molecule has 1 aromatic heterocycles. The highest BCUT2D eigenvalue weighted by atomic mass is 16.5. The molecular weight excluding hydrogens is 356 g/mol. The van der Waals surface area contributed by atoms with Crippen LogP contribution in [0.3, 0.4) is 0 Å². The number of aryl methyl sites for hydroxylation is 1. The molecule has 1 unspecified atom stereocenters. The summed E-state index contributed by atoms with van der Waals surface area (Å²) in [6, 6.07) is 13.7. The average Bonchev–Trinajstić information content (AvgIpc) is 3.06. The quantitative estimate of drug-likeness (QED) is 0.648. The monoisotopic (exact) mass is 380 g/mol. The fraction of sp³-hybridized carbons (Fsp3) is 0.318. The van der Waals surface area contributed by atoms with Crippen molar-refractivity contribution in [2.45, 2.75) is 33.1 Å². The lowest BCUT2D eigenvalue weighted by atomic mass is 9.94. The molecule has 6 nitrogen and oxygen atoms in total. The zero-order chi connectivity index (χ0) is 20.3. The number of hydrogen-bond acceptors (Lipinski definition) is 4. The molecule has 0 bridgehead atoms. The van der Waals surface area contributed by atoms with Gasteiger partial charge in [0.25, 0.3) is 5.91 Å². The highest BCUT2D eigenvalue weighted by molar-refractivity contribution is 5.96. The second-order valence-electron chi connectivity index (χ2n) is 7.25. The molecule has 0 aliphatic rings. The lowest BCUT2D eigenvalue weighted by Crippen LogP contribution is -2.34. The molecule has 0 radical (unpaired) electrons. The Bertz CT molecular complexity index is 1000. The van der Waals surface area contributed by atoms with Crippen LogP contribution in [-0.4, -0.2) is 28.7 Å². The SMILES string of the molecule is Cc1noc(C(C)C)c1C(=O)NCC(Cc1cccc2ccccc12)C(=O)O. The van der Waals surface area contributed by atoms with Gasteiger partial charge in [-0.05, 0) is 29.7 Å². The first-order valence-electron chi connectivity index (χ1n) is 9.32. The van der Waals surface area contributed by atoms with E-state index in [0.717, 1.165) is 16.3 Å². The van der Waals surface area contributed by atoms with Crippen LogP contribution in [-0.2, 0) is 11.2 Å². The molecular formula is C22H24N2O4. The fourth-order valence-corrected chi connectivity index (χ4v) is 3.34. The van der Waals surface area contributed by atoms with Crippen LogP contribution in [0.15, 0.2) is 47.0 Å². The Kier molecular flexibility index (Phi) is 5.78. The Hall–Kier alpha value is -3.15. The Labute approximate surface area is 163 Å². The predicted octanol–water partition coefficient (Wildman–Crippen LogP) is 3.93. The van der Waals surface area contributed by atoms with E-state index < -0.39 is 11.9 Å². The summed E-state index contributed by atoms with van der Waals surface area (Å²) >= 11 is 0. The second-order valence-corrected chi connectivity index (χ2v) is 7.25. The standard InChI is InChI=1S/C22H24N2O4/c1-13(2)20-19(14(3)24-28-20)21(25)23-12-17(22(26)27)11-16-9-6-8-15-7-4-5-10-18(15)16/h4-10,13,17H,11-12H2,1-3H3,(H,23,25)(H,26,27). The Morgan fingerprint density at radius 1 is 1.14 bits per heavy atom. The number of benzene rings is 2. The molecule has 0 saturated carbocycles. The number of hydrogen-bond donors (Lipinski definition) is 2. The number of carboxylic acid groups (broad SMARTS) is 1. The largest absolute Gasteiger partial charge is 0.481 e. The first-order valence-corrected chi connectivity index (χ1v) is 9.32. The molecule has 0 aliphatic carbocycles. The van der Waals surface area contributed by atoms with Crippen LogP contribution < -0.4 is 5.32 Å². The normalized spacial score (nSPS) is 12.3. The van der Waals surface area contributed by atoms with E-state index in [1.165, 1.54) is 0 Å². The van der Waals surface area contributed by atoms with E-state index in [-0.39, 0.29) is 18.4 Å². The molecule has 2 aromatic carbocycles. The third-order valence-electron chi connectivity index (χ3n) is 4.85. The Morgan fingerprint density at radius 3 is 2.57 bits per heavy atom. The van der Waals surface area contributed by atoms with Gasteiger partial charge in [0.2, 0.25) is 0 Å². The summed E-state index contributed by atoms with van der Waals surface area (Å²) < 4.78 is 5.25. The van der Waals surface area contributed by atoms with Gasteiger partial charge in [-0.1, -0.05) is 61.5 Å². The van der Waals surface area contributed by atoms with Crippen LogP contribution in [0.1, 0.15) is 47.1 Å². The van der Waals surface area contributed by atoms with Crippen LogP contribution in [0.2, 0.25) is 0 Å². The topological polar surface area (TPSA) is 92.4 Å². The van der Waals surface area contributed by atoms with Gasteiger partial charge in [-0.25, -0.2) is 0 Å². The zero-order valence-corrected chi connectivity index (χ0v) is 16.2. The molecule has 3 rings (SSSR count). The zero-order valence-electron chi connectivity index (χ0n) is 16.2. The molecule has 2 N–H and O–H groups in total. The maximum Gasteiger partial charge on any atom is 0.308 e. The minimum absolute atomic E-state index is 0.00732. The molecule has 1 atom stereocenters. The third kappa shape index (κ3) is 4.06. The number of rotatable bonds is 7. The van der Waals surface area contributed by atoms with Crippen LogP contribution in [0.4, 0.5) is 0 Å². The summed E-state index contributed by atoms with van der Waals surface area (Å²) in [5.74, 6) is -1.52. The molecule has 0 fully saturated rings. The number of carbonyl (C=O) groups excluding carboxylic acids is 1. The van der Waals surface area contributed by atoms with Gasteiger partial charge in [0.1, 0.15) is 5.56 Å². The summed E-state index contributed by atoms with van der Waals surface area (Å²) in [5, 5.41) is 18.4. The summed E-state index contributed by atoms with van der Waals surface area (Å²) in [6.07, 6.45) is 0.330. The maximum absolute atomic E-state index is 12.6. The van der Waals surface area contributed by atoms with Gasteiger partial charge in [-0.3, -0.25) is 9.59 Å². The summed E-state index contributed by atoms with van der Waals surface area (Å²) in [7, 11) is 0. The molecule has 1 heterocycles. The maximum atomic E-state index is 12.6. The predicted molar refractivity (Wildman–Crippen MR) is 106 cm³/mol. The number of carbonyl (C=O) groups is 2. The minimum Gasteiger partial charge on any atom is -0.481 e. The molecule has 146 valence electrons. The van der Waals surface area contributed by atoms with Crippen molar-refractivity contribution in [1.29, 1.82) is 0 Å². The molecule has 0 spiro atoms. The molecule has 0 aliphatic heterocycles. The fourth-order valence-electron chi connectivity index (χ4n) is 3.34. The number of amides is 1. The first kappa shape index (κ1) is 19.6. The number of carboxylic acids is 1. The van der Waals surface area contributed by atoms with E-state index in [2.05, 4.69) is 10.5 Å². The molecule has 3 aromatic rings. The molecule has 6 heteroatoms.